The number of alkyl halides is 1. The Morgan fingerprint density at radius 3 is 1.86 bits per heavy atom. The van der Waals surface area contributed by atoms with Crippen LogP contribution in [0.2, 0.25) is 17.6 Å². The van der Waals surface area contributed by atoms with E-state index in [4.69, 9.17) is 16.0 Å². The molecule has 0 aromatic rings. The molecule has 0 aliphatic heterocycles. The van der Waals surface area contributed by atoms with Crippen LogP contribution in [0.25, 0.3) is 0 Å². The molecular weight excluding hydrogens is 212 g/mol. The number of hydrogen-bond donors (Lipinski definition) is 0. The highest BCUT2D eigenvalue weighted by molar-refractivity contribution is 6.75. The summed E-state index contributed by atoms with van der Waals surface area (Å²) in [6, 6.07) is 0. The minimum atomic E-state index is -1.56. The van der Waals surface area contributed by atoms with Crippen LogP contribution in [0.4, 0.5) is 0 Å². The highest BCUT2D eigenvalue weighted by Gasteiger charge is 2.39. The van der Waals surface area contributed by atoms with Gasteiger partial charge in [0.2, 0.25) is 0 Å². The van der Waals surface area contributed by atoms with E-state index in [1.54, 1.807) is 0 Å². The van der Waals surface area contributed by atoms with Crippen LogP contribution in [0.5, 0.6) is 0 Å². The predicted molar refractivity (Wildman–Crippen MR) is 67.7 cm³/mol. The van der Waals surface area contributed by atoms with E-state index in [0.29, 0.717) is 5.88 Å². The smallest absolute Gasteiger partial charge is 0.195 e. The molecule has 86 valence electrons. The van der Waals surface area contributed by atoms with Crippen molar-refractivity contribution in [3.8, 4) is 0 Å². The second-order valence-electron chi connectivity index (χ2n) is 4.34. The van der Waals surface area contributed by atoms with E-state index in [1.807, 2.05) is 0 Å². The van der Waals surface area contributed by atoms with Crippen LogP contribution < -0.4 is 0 Å². The summed E-state index contributed by atoms with van der Waals surface area (Å²) in [5, 5.41) is 0. The molecule has 1 nitrogen and oxygen atoms in total. The Kier molecular flexibility index (Phi) is 7.09. The molecule has 0 fully saturated rings. The lowest BCUT2D eigenvalue weighted by Crippen LogP contribution is -2.43. The van der Waals surface area contributed by atoms with Gasteiger partial charge in [0.1, 0.15) is 0 Å². The number of halogens is 1. The van der Waals surface area contributed by atoms with E-state index in [1.165, 1.54) is 12.8 Å². The lowest BCUT2D eigenvalue weighted by atomic mass is 10.3. The summed E-state index contributed by atoms with van der Waals surface area (Å²) in [4.78, 5) is 0. The Bertz CT molecular complexity index is 142. The third kappa shape index (κ3) is 3.56. The molecule has 0 saturated heterocycles. The zero-order chi connectivity index (χ0) is 11.2. The maximum absolute atomic E-state index is 6.09. The fourth-order valence-electron chi connectivity index (χ4n) is 1.84. The van der Waals surface area contributed by atoms with Gasteiger partial charge in [-0.15, -0.1) is 11.6 Å². The van der Waals surface area contributed by atoms with Crippen molar-refractivity contribution in [1.82, 2.24) is 0 Å². The molecule has 0 radical (unpaired) electrons. The van der Waals surface area contributed by atoms with Gasteiger partial charge in [0.25, 0.3) is 0 Å². The highest BCUT2D eigenvalue weighted by atomic mass is 35.5. The summed E-state index contributed by atoms with van der Waals surface area (Å²) in [6.45, 7) is 12.2. The van der Waals surface area contributed by atoms with Crippen molar-refractivity contribution in [2.45, 2.75) is 58.2 Å². The molecule has 2 unspecified atom stereocenters. The van der Waals surface area contributed by atoms with Crippen LogP contribution in [0, 0.1) is 0 Å². The zero-order valence-corrected chi connectivity index (χ0v) is 12.0. The van der Waals surface area contributed by atoms with Crippen molar-refractivity contribution in [3.05, 3.63) is 0 Å². The average molecular weight is 237 g/mol. The lowest BCUT2D eigenvalue weighted by molar-refractivity contribution is 0.306. The van der Waals surface area contributed by atoms with Gasteiger partial charge in [-0.05, 0) is 17.6 Å². The summed E-state index contributed by atoms with van der Waals surface area (Å²) < 4.78 is 6.09. The van der Waals surface area contributed by atoms with Gasteiger partial charge in [-0.1, -0.05) is 40.5 Å². The van der Waals surface area contributed by atoms with Crippen molar-refractivity contribution in [2.24, 2.45) is 0 Å². The quantitative estimate of drug-likeness (QED) is 0.470. The van der Waals surface area contributed by atoms with Crippen LogP contribution in [0.15, 0.2) is 0 Å². The summed E-state index contributed by atoms with van der Waals surface area (Å²) in [7, 11) is -1.56. The van der Waals surface area contributed by atoms with Crippen LogP contribution in [0.1, 0.15) is 40.5 Å². The molecule has 0 N–H and O–H groups in total. The number of hydrogen-bond acceptors (Lipinski definition) is 1. The van der Waals surface area contributed by atoms with E-state index < -0.39 is 8.32 Å². The van der Waals surface area contributed by atoms with Gasteiger partial charge in [0, 0.05) is 12.5 Å². The first kappa shape index (κ1) is 14.5. The lowest BCUT2D eigenvalue weighted by Gasteiger charge is -2.37. The van der Waals surface area contributed by atoms with Gasteiger partial charge < -0.3 is 4.43 Å². The maximum Gasteiger partial charge on any atom is 0.195 e. The van der Waals surface area contributed by atoms with Gasteiger partial charge in [-0.2, -0.15) is 0 Å². The van der Waals surface area contributed by atoms with Crippen molar-refractivity contribution in [1.29, 1.82) is 0 Å². The molecule has 0 bridgehead atoms. The first-order valence-electron chi connectivity index (χ1n) is 5.72. The van der Waals surface area contributed by atoms with Crippen molar-refractivity contribution in [2.75, 3.05) is 12.5 Å². The fourth-order valence-corrected chi connectivity index (χ4v) is 5.75. The fraction of sp³-hybridized carbons (Fsp3) is 1.00. The summed E-state index contributed by atoms with van der Waals surface area (Å²) >= 11 is 5.70. The Balaban J connectivity index is 4.47. The second-order valence-corrected chi connectivity index (χ2v) is 9.35. The van der Waals surface area contributed by atoms with Crippen LogP contribution in [-0.2, 0) is 4.43 Å². The van der Waals surface area contributed by atoms with Crippen LogP contribution in [0.3, 0.4) is 0 Å². The highest BCUT2D eigenvalue weighted by Crippen LogP contribution is 2.37. The minimum absolute atomic E-state index is 0.620. The molecule has 0 spiro atoms. The molecular formula is C11H25ClOSi. The van der Waals surface area contributed by atoms with Crippen LogP contribution in [-0.4, -0.2) is 20.8 Å². The third-order valence-electron chi connectivity index (χ3n) is 3.67. The molecule has 0 aliphatic rings. The van der Waals surface area contributed by atoms with Crippen molar-refractivity contribution in [3.63, 3.8) is 0 Å². The molecule has 0 aliphatic carbocycles. The largest absolute Gasteiger partial charge is 0.415 e. The molecule has 0 heterocycles. The molecule has 0 aromatic heterocycles. The van der Waals surface area contributed by atoms with Gasteiger partial charge >= 0.3 is 0 Å². The average Bonchev–Trinajstić information content (AvgIpc) is 2.23. The van der Waals surface area contributed by atoms with Gasteiger partial charge in [0.05, 0.1) is 0 Å². The summed E-state index contributed by atoms with van der Waals surface area (Å²) in [5.74, 6) is 0.620. The number of rotatable bonds is 7. The van der Waals surface area contributed by atoms with Gasteiger partial charge in [-0.3, -0.25) is 0 Å². The van der Waals surface area contributed by atoms with E-state index in [-0.39, 0.29) is 0 Å². The normalized spacial score (nSPS) is 20.1. The first-order valence-corrected chi connectivity index (χ1v) is 8.82. The molecule has 2 atom stereocenters. The first-order chi connectivity index (χ1) is 6.52. The van der Waals surface area contributed by atoms with E-state index in [9.17, 15) is 0 Å². The SMILES string of the molecule is CCC(C)[Si](C)(OCCCl)C(C)CC. The van der Waals surface area contributed by atoms with Crippen molar-refractivity contribution >= 4 is 19.9 Å². The molecule has 0 amide bonds. The molecule has 3 heteroatoms. The van der Waals surface area contributed by atoms with Gasteiger partial charge in [0.15, 0.2) is 8.32 Å². The minimum Gasteiger partial charge on any atom is -0.415 e. The Hall–Kier alpha value is 0.467. The summed E-state index contributed by atoms with van der Waals surface area (Å²) in [6.07, 6.45) is 2.44. The zero-order valence-electron chi connectivity index (χ0n) is 10.3. The van der Waals surface area contributed by atoms with E-state index >= 15 is 0 Å². The van der Waals surface area contributed by atoms with Gasteiger partial charge in [-0.25, -0.2) is 0 Å². The molecule has 0 aromatic carbocycles. The Labute approximate surface area is 95.3 Å². The molecule has 0 saturated carbocycles. The Morgan fingerprint density at radius 2 is 1.57 bits per heavy atom. The maximum atomic E-state index is 6.09. The molecule has 0 rings (SSSR count). The topological polar surface area (TPSA) is 9.23 Å². The Morgan fingerprint density at radius 1 is 1.14 bits per heavy atom. The van der Waals surface area contributed by atoms with Crippen molar-refractivity contribution < 1.29 is 4.43 Å². The monoisotopic (exact) mass is 236 g/mol. The summed E-state index contributed by atoms with van der Waals surface area (Å²) in [5.41, 5.74) is 1.45. The molecule has 14 heavy (non-hydrogen) atoms. The van der Waals surface area contributed by atoms with Crippen LogP contribution >= 0.6 is 11.6 Å². The third-order valence-corrected chi connectivity index (χ3v) is 9.38. The predicted octanol–water partition coefficient (Wildman–Crippen LogP) is 4.42. The van der Waals surface area contributed by atoms with E-state index in [0.717, 1.165) is 17.7 Å². The standard InChI is InChI=1S/C11H25ClOSi/c1-6-10(3)14(5,11(4)7-2)13-9-8-12/h10-11H,6-9H2,1-5H3. The second kappa shape index (κ2) is 6.86. The van der Waals surface area contributed by atoms with E-state index in [2.05, 4.69) is 34.2 Å².